The van der Waals surface area contributed by atoms with E-state index >= 15 is 0 Å². The number of hydrogen-bond donors (Lipinski definition) is 1. The van der Waals surface area contributed by atoms with Gasteiger partial charge in [0.05, 0.1) is 14.2 Å². The normalized spacial score (nSPS) is 10.5. The second-order valence-electron chi connectivity index (χ2n) is 2.75. The van der Waals surface area contributed by atoms with E-state index in [1.165, 1.54) is 0 Å². The molecule has 2 N–H and O–H groups in total. The maximum absolute atomic E-state index is 5.37. The zero-order chi connectivity index (χ0) is 10.4. The lowest BCUT2D eigenvalue weighted by molar-refractivity contribution is 0.394. The summed E-state index contributed by atoms with van der Waals surface area (Å²) in [6.07, 6.45) is 3.81. The van der Waals surface area contributed by atoms with E-state index in [2.05, 4.69) is 0 Å². The van der Waals surface area contributed by atoms with Crippen molar-refractivity contribution in [3.63, 3.8) is 0 Å². The highest BCUT2D eigenvalue weighted by molar-refractivity contribution is 5.59. The first-order valence-corrected chi connectivity index (χ1v) is 4.40. The Morgan fingerprint density at radius 1 is 1.29 bits per heavy atom. The molecule has 14 heavy (non-hydrogen) atoms. The Balaban J connectivity index is 2.99. The van der Waals surface area contributed by atoms with Crippen LogP contribution >= 0.6 is 0 Å². The van der Waals surface area contributed by atoms with E-state index in [1.807, 2.05) is 30.4 Å². The van der Waals surface area contributed by atoms with Crippen molar-refractivity contribution in [1.82, 2.24) is 0 Å². The molecule has 0 saturated carbocycles. The van der Waals surface area contributed by atoms with Gasteiger partial charge >= 0.3 is 0 Å². The Bertz CT molecular complexity index is 321. The molecule has 0 bridgehead atoms. The highest BCUT2D eigenvalue weighted by Gasteiger charge is 2.00. The zero-order valence-corrected chi connectivity index (χ0v) is 8.49. The molecule has 1 rings (SSSR count). The summed E-state index contributed by atoms with van der Waals surface area (Å²) >= 11 is 0. The summed E-state index contributed by atoms with van der Waals surface area (Å²) < 4.78 is 10.3. The van der Waals surface area contributed by atoms with Crippen LogP contribution in [0.3, 0.4) is 0 Å². The van der Waals surface area contributed by atoms with Crippen molar-refractivity contribution in [2.45, 2.75) is 0 Å². The number of ether oxygens (including phenoxy) is 2. The third-order valence-electron chi connectivity index (χ3n) is 1.87. The van der Waals surface area contributed by atoms with Gasteiger partial charge in [0.2, 0.25) is 0 Å². The van der Waals surface area contributed by atoms with Gasteiger partial charge in [-0.25, -0.2) is 0 Å². The molecule has 0 aliphatic carbocycles. The second-order valence-corrected chi connectivity index (χ2v) is 2.75. The summed E-state index contributed by atoms with van der Waals surface area (Å²) in [7, 11) is 3.26. The predicted molar refractivity (Wildman–Crippen MR) is 57.6 cm³/mol. The van der Waals surface area contributed by atoms with Gasteiger partial charge in [0.15, 0.2) is 0 Å². The van der Waals surface area contributed by atoms with Gasteiger partial charge in [-0.05, 0) is 12.1 Å². The average molecular weight is 193 g/mol. The molecule has 1 aromatic carbocycles. The molecular weight excluding hydrogens is 178 g/mol. The highest BCUT2D eigenvalue weighted by Crippen LogP contribution is 2.25. The van der Waals surface area contributed by atoms with Crippen molar-refractivity contribution in [2.75, 3.05) is 20.8 Å². The van der Waals surface area contributed by atoms with Crippen LogP contribution in [0.2, 0.25) is 0 Å². The van der Waals surface area contributed by atoms with Gasteiger partial charge in [-0.1, -0.05) is 12.2 Å². The van der Waals surface area contributed by atoms with Crippen molar-refractivity contribution in [3.8, 4) is 11.5 Å². The molecule has 0 aromatic heterocycles. The summed E-state index contributed by atoms with van der Waals surface area (Å²) in [5.41, 5.74) is 6.37. The average Bonchev–Trinajstić information content (AvgIpc) is 2.26. The third-order valence-corrected chi connectivity index (χ3v) is 1.87. The first kappa shape index (κ1) is 10.6. The Hall–Kier alpha value is -1.48. The maximum Gasteiger partial charge on any atom is 0.129 e. The third kappa shape index (κ3) is 2.50. The molecule has 0 aliphatic heterocycles. The van der Waals surface area contributed by atoms with E-state index in [0.29, 0.717) is 6.54 Å². The molecule has 0 heterocycles. The van der Waals surface area contributed by atoms with Crippen LogP contribution in [-0.2, 0) is 0 Å². The molecule has 1 aromatic rings. The van der Waals surface area contributed by atoms with Crippen LogP contribution in [0.4, 0.5) is 0 Å². The fourth-order valence-corrected chi connectivity index (χ4v) is 1.15. The molecule has 0 radical (unpaired) electrons. The van der Waals surface area contributed by atoms with E-state index in [9.17, 15) is 0 Å². The molecule has 3 nitrogen and oxygen atoms in total. The quantitative estimate of drug-likeness (QED) is 0.791. The first-order chi connectivity index (χ1) is 6.81. The molecular formula is C11H15NO2. The molecule has 0 saturated heterocycles. The Kier molecular flexibility index (Phi) is 4.01. The van der Waals surface area contributed by atoms with E-state index in [-0.39, 0.29) is 0 Å². The molecule has 3 heteroatoms. The number of methoxy groups -OCH3 is 2. The van der Waals surface area contributed by atoms with E-state index in [4.69, 9.17) is 15.2 Å². The Morgan fingerprint density at radius 3 is 2.64 bits per heavy atom. The van der Waals surface area contributed by atoms with Gasteiger partial charge in [-0.15, -0.1) is 0 Å². The summed E-state index contributed by atoms with van der Waals surface area (Å²) in [6, 6.07) is 5.67. The van der Waals surface area contributed by atoms with Crippen LogP contribution in [-0.4, -0.2) is 20.8 Å². The van der Waals surface area contributed by atoms with Crippen molar-refractivity contribution < 1.29 is 9.47 Å². The van der Waals surface area contributed by atoms with Gasteiger partial charge in [-0.3, -0.25) is 0 Å². The SMILES string of the molecule is COc1ccc(C=CCN)c(OC)c1. The number of rotatable bonds is 4. The smallest absolute Gasteiger partial charge is 0.129 e. The standard InChI is InChI=1S/C11H15NO2/c1-13-10-6-5-9(4-3-7-12)11(8-10)14-2/h3-6,8H,7,12H2,1-2H3. The molecule has 76 valence electrons. The van der Waals surface area contributed by atoms with Gasteiger partial charge in [-0.2, -0.15) is 0 Å². The van der Waals surface area contributed by atoms with Crippen LogP contribution in [0.5, 0.6) is 11.5 Å². The van der Waals surface area contributed by atoms with Crippen LogP contribution in [0.15, 0.2) is 24.3 Å². The fraction of sp³-hybridized carbons (Fsp3) is 0.273. The monoisotopic (exact) mass is 193 g/mol. The Labute approximate surface area is 84.1 Å². The zero-order valence-electron chi connectivity index (χ0n) is 8.49. The lowest BCUT2D eigenvalue weighted by Gasteiger charge is -2.06. The van der Waals surface area contributed by atoms with Gasteiger partial charge in [0, 0.05) is 18.2 Å². The predicted octanol–water partition coefficient (Wildman–Crippen LogP) is 1.68. The largest absolute Gasteiger partial charge is 0.497 e. The minimum absolute atomic E-state index is 0.523. The van der Waals surface area contributed by atoms with E-state index in [0.717, 1.165) is 17.1 Å². The molecule has 0 spiro atoms. The van der Waals surface area contributed by atoms with Gasteiger partial charge in [0.25, 0.3) is 0 Å². The van der Waals surface area contributed by atoms with Crippen molar-refractivity contribution in [3.05, 3.63) is 29.8 Å². The number of hydrogen-bond acceptors (Lipinski definition) is 3. The lowest BCUT2D eigenvalue weighted by atomic mass is 10.2. The van der Waals surface area contributed by atoms with Crippen molar-refractivity contribution >= 4 is 6.08 Å². The van der Waals surface area contributed by atoms with Crippen LogP contribution < -0.4 is 15.2 Å². The molecule has 0 aliphatic rings. The maximum atomic E-state index is 5.37. The van der Waals surface area contributed by atoms with Crippen LogP contribution in [0, 0.1) is 0 Å². The topological polar surface area (TPSA) is 44.5 Å². The van der Waals surface area contributed by atoms with Crippen LogP contribution in [0.1, 0.15) is 5.56 Å². The van der Waals surface area contributed by atoms with Gasteiger partial charge < -0.3 is 15.2 Å². The number of nitrogens with two attached hydrogens (primary N) is 1. The highest BCUT2D eigenvalue weighted by atomic mass is 16.5. The Morgan fingerprint density at radius 2 is 2.07 bits per heavy atom. The summed E-state index contributed by atoms with van der Waals surface area (Å²) in [5.74, 6) is 1.57. The second kappa shape index (κ2) is 5.29. The summed E-state index contributed by atoms with van der Waals surface area (Å²) in [5, 5.41) is 0. The molecule has 0 fully saturated rings. The molecule has 0 unspecified atom stereocenters. The van der Waals surface area contributed by atoms with E-state index in [1.54, 1.807) is 14.2 Å². The lowest BCUT2D eigenvalue weighted by Crippen LogP contribution is -1.93. The number of benzene rings is 1. The summed E-state index contributed by atoms with van der Waals surface area (Å²) in [4.78, 5) is 0. The molecule has 0 amide bonds. The fourth-order valence-electron chi connectivity index (χ4n) is 1.15. The van der Waals surface area contributed by atoms with Crippen LogP contribution in [0.25, 0.3) is 6.08 Å². The minimum atomic E-state index is 0.523. The molecule has 0 atom stereocenters. The van der Waals surface area contributed by atoms with Crippen molar-refractivity contribution in [1.29, 1.82) is 0 Å². The minimum Gasteiger partial charge on any atom is -0.497 e. The summed E-state index contributed by atoms with van der Waals surface area (Å²) in [6.45, 7) is 0.523. The van der Waals surface area contributed by atoms with E-state index < -0.39 is 0 Å². The van der Waals surface area contributed by atoms with Crippen molar-refractivity contribution in [2.24, 2.45) is 5.73 Å². The first-order valence-electron chi connectivity index (χ1n) is 4.40. The van der Waals surface area contributed by atoms with Gasteiger partial charge in [0.1, 0.15) is 11.5 Å².